The van der Waals surface area contributed by atoms with Gasteiger partial charge in [0.15, 0.2) is 0 Å². The second-order valence-electron chi connectivity index (χ2n) is 4.47. The molecule has 0 bridgehead atoms. The van der Waals surface area contributed by atoms with E-state index in [-0.39, 0.29) is 0 Å². The van der Waals surface area contributed by atoms with E-state index in [0.29, 0.717) is 0 Å². The first-order valence-corrected chi connectivity index (χ1v) is 6.92. The zero-order valence-corrected chi connectivity index (χ0v) is 12.1. The first-order chi connectivity index (χ1) is 8.63. The molecule has 0 unspecified atom stereocenters. The van der Waals surface area contributed by atoms with Crippen LogP contribution >= 0.6 is 11.3 Å². The highest BCUT2D eigenvalue weighted by atomic mass is 32.1. The first kappa shape index (κ1) is 13.0. The van der Waals surface area contributed by atoms with Gasteiger partial charge in [-0.1, -0.05) is 6.07 Å². The van der Waals surface area contributed by atoms with Gasteiger partial charge in [0.25, 0.3) is 0 Å². The highest BCUT2D eigenvalue weighted by molar-refractivity contribution is 7.10. The molecule has 0 aliphatic carbocycles. The lowest BCUT2D eigenvalue weighted by molar-refractivity contribution is 0.409. The molecule has 0 atom stereocenters. The van der Waals surface area contributed by atoms with Crippen molar-refractivity contribution in [2.24, 2.45) is 0 Å². The quantitative estimate of drug-likeness (QED) is 0.886. The summed E-state index contributed by atoms with van der Waals surface area (Å²) >= 11 is 1.79. The van der Waals surface area contributed by atoms with Crippen LogP contribution < -0.4 is 10.1 Å². The van der Waals surface area contributed by atoms with Crippen LogP contribution in [0, 0.1) is 20.8 Å². The highest BCUT2D eigenvalue weighted by Gasteiger charge is 2.08. The molecule has 2 aromatic rings. The van der Waals surface area contributed by atoms with Crippen molar-refractivity contribution in [3.05, 3.63) is 45.1 Å². The molecule has 0 fully saturated rings. The maximum absolute atomic E-state index is 5.44. The Morgan fingerprint density at radius 2 is 1.89 bits per heavy atom. The maximum Gasteiger partial charge on any atom is 0.126 e. The lowest BCUT2D eigenvalue weighted by atomic mass is 10.1. The third-order valence-corrected chi connectivity index (χ3v) is 4.24. The maximum atomic E-state index is 5.44. The summed E-state index contributed by atoms with van der Waals surface area (Å²) in [6.07, 6.45) is 0. The van der Waals surface area contributed by atoms with Gasteiger partial charge in [-0.05, 0) is 49.4 Å². The Labute approximate surface area is 113 Å². The number of rotatable bonds is 4. The third kappa shape index (κ3) is 2.51. The predicted octanol–water partition coefficient (Wildman–Crippen LogP) is 4.29. The zero-order chi connectivity index (χ0) is 13.1. The number of ether oxygens (including phenoxy) is 1. The van der Waals surface area contributed by atoms with Gasteiger partial charge in [-0.25, -0.2) is 0 Å². The fourth-order valence-corrected chi connectivity index (χ4v) is 2.94. The van der Waals surface area contributed by atoms with E-state index in [0.717, 1.165) is 18.0 Å². The van der Waals surface area contributed by atoms with Crippen molar-refractivity contribution in [1.29, 1.82) is 0 Å². The Balaban J connectivity index is 2.18. The molecule has 0 aliphatic heterocycles. The van der Waals surface area contributed by atoms with Crippen molar-refractivity contribution in [3.8, 4) is 5.75 Å². The summed E-state index contributed by atoms with van der Waals surface area (Å²) < 4.78 is 5.44. The molecule has 96 valence electrons. The van der Waals surface area contributed by atoms with Crippen molar-refractivity contribution in [3.63, 3.8) is 0 Å². The number of methoxy groups -OCH3 is 1. The summed E-state index contributed by atoms with van der Waals surface area (Å²) in [5, 5.41) is 5.62. The minimum atomic E-state index is 0.872. The van der Waals surface area contributed by atoms with Crippen LogP contribution in [0.3, 0.4) is 0 Å². The van der Waals surface area contributed by atoms with Gasteiger partial charge in [-0.2, -0.15) is 0 Å². The van der Waals surface area contributed by atoms with Crippen molar-refractivity contribution in [2.45, 2.75) is 27.3 Å². The minimum absolute atomic E-state index is 0.872. The van der Waals surface area contributed by atoms with Crippen LogP contribution in [-0.4, -0.2) is 7.11 Å². The van der Waals surface area contributed by atoms with E-state index < -0.39 is 0 Å². The Bertz CT molecular complexity index is 545. The number of hydrogen-bond donors (Lipinski definition) is 1. The molecular formula is C15H19NOS. The highest BCUT2D eigenvalue weighted by Crippen LogP contribution is 2.29. The fourth-order valence-electron chi connectivity index (χ4n) is 2.09. The molecule has 1 aromatic heterocycles. The van der Waals surface area contributed by atoms with E-state index >= 15 is 0 Å². The van der Waals surface area contributed by atoms with Gasteiger partial charge in [0, 0.05) is 22.7 Å². The van der Waals surface area contributed by atoms with Crippen LogP contribution in [0.25, 0.3) is 0 Å². The van der Waals surface area contributed by atoms with Crippen molar-refractivity contribution in [2.75, 3.05) is 12.4 Å². The summed E-state index contributed by atoms with van der Waals surface area (Å²) in [6.45, 7) is 7.18. The molecule has 0 aliphatic rings. The van der Waals surface area contributed by atoms with Crippen molar-refractivity contribution >= 4 is 17.0 Å². The van der Waals surface area contributed by atoms with Crippen LogP contribution in [0.15, 0.2) is 23.6 Å². The molecule has 2 nitrogen and oxygen atoms in total. The van der Waals surface area contributed by atoms with E-state index in [9.17, 15) is 0 Å². The predicted molar refractivity (Wildman–Crippen MR) is 78.9 cm³/mol. The number of benzene rings is 1. The van der Waals surface area contributed by atoms with Crippen molar-refractivity contribution < 1.29 is 4.74 Å². The lowest BCUT2D eigenvalue weighted by Gasteiger charge is -2.14. The molecule has 0 spiro atoms. The van der Waals surface area contributed by atoms with Gasteiger partial charge in [0.05, 0.1) is 7.11 Å². The smallest absolute Gasteiger partial charge is 0.126 e. The molecule has 3 heteroatoms. The molecular weight excluding hydrogens is 242 g/mol. The molecule has 2 rings (SSSR count). The molecule has 0 saturated carbocycles. The summed E-state index contributed by atoms with van der Waals surface area (Å²) in [5.74, 6) is 0.975. The molecule has 0 radical (unpaired) electrons. The fraction of sp³-hybridized carbons (Fsp3) is 0.333. The summed E-state index contributed by atoms with van der Waals surface area (Å²) in [4.78, 5) is 1.38. The van der Waals surface area contributed by atoms with Crippen LogP contribution in [0.5, 0.6) is 5.75 Å². The standard InChI is InChI=1S/C15H19NOS/c1-10-7-8-18-14(10)9-16-13-6-5-11(2)15(17-4)12(13)3/h5-8,16H,9H2,1-4H3. The number of anilines is 1. The monoisotopic (exact) mass is 261 g/mol. The molecule has 0 saturated heterocycles. The Hall–Kier alpha value is -1.48. The number of thiophene rings is 1. The third-order valence-electron chi connectivity index (χ3n) is 3.21. The van der Waals surface area contributed by atoms with E-state index in [2.05, 4.69) is 49.7 Å². The van der Waals surface area contributed by atoms with E-state index in [4.69, 9.17) is 4.74 Å². The first-order valence-electron chi connectivity index (χ1n) is 6.04. The molecule has 0 amide bonds. The average Bonchev–Trinajstić information content (AvgIpc) is 2.75. The number of aryl methyl sites for hydroxylation is 2. The van der Waals surface area contributed by atoms with E-state index in [1.54, 1.807) is 18.4 Å². The zero-order valence-electron chi connectivity index (χ0n) is 11.3. The Morgan fingerprint density at radius 1 is 1.11 bits per heavy atom. The topological polar surface area (TPSA) is 21.3 Å². The van der Waals surface area contributed by atoms with E-state index in [1.807, 2.05) is 0 Å². The van der Waals surface area contributed by atoms with Gasteiger partial charge in [-0.15, -0.1) is 11.3 Å². The Morgan fingerprint density at radius 3 is 2.50 bits per heavy atom. The largest absolute Gasteiger partial charge is 0.496 e. The summed E-state index contributed by atoms with van der Waals surface area (Å²) in [6, 6.07) is 6.37. The van der Waals surface area contributed by atoms with Crippen molar-refractivity contribution in [1.82, 2.24) is 0 Å². The summed E-state index contributed by atoms with van der Waals surface area (Å²) in [7, 11) is 1.72. The minimum Gasteiger partial charge on any atom is -0.496 e. The molecule has 18 heavy (non-hydrogen) atoms. The summed E-state index contributed by atoms with van der Waals surface area (Å²) in [5.41, 5.74) is 4.84. The number of nitrogens with one attached hydrogen (secondary N) is 1. The van der Waals surface area contributed by atoms with Crippen LogP contribution in [-0.2, 0) is 6.54 Å². The van der Waals surface area contributed by atoms with Crippen LogP contribution in [0.4, 0.5) is 5.69 Å². The molecule has 1 N–H and O–H groups in total. The van der Waals surface area contributed by atoms with Gasteiger partial charge in [0.1, 0.15) is 5.75 Å². The molecule has 1 heterocycles. The van der Waals surface area contributed by atoms with Gasteiger partial charge in [-0.3, -0.25) is 0 Å². The SMILES string of the molecule is COc1c(C)ccc(NCc2sccc2C)c1C. The van der Waals surface area contributed by atoms with E-state index in [1.165, 1.54) is 21.6 Å². The van der Waals surface area contributed by atoms with Crippen LogP contribution in [0.2, 0.25) is 0 Å². The lowest BCUT2D eigenvalue weighted by Crippen LogP contribution is -2.02. The normalized spacial score (nSPS) is 10.4. The second kappa shape index (κ2) is 5.44. The van der Waals surface area contributed by atoms with Crippen LogP contribution in [0.1, 0.15) is 21.6 Å². The molecule has 1 aromatic carbocycles. The average molecular weight is 261 g/mol. The van der Waals surface area contributed by atoms with Gasteiger partial charge >= 0.3 is 0 Å². The second-order valence-corrected chi connectivity index (χ2v) is 5.47. The Kier molecular flexibility index (Phi) is 3.92. The number of hydrogen-bond acceptors (Lipinski definition) is 3. The van der Waals surface area contributed by atoms with Gasteiger partial charge < -0.3 is 10.1 Å². The van der Waals surface area contributed by atoms with Gasteiger partial charge in [0.2, 0.25) is 0 Å².